The number of carbonyl (C=O) groups is 2. The lowest BCUT2D eigenvalue weighted by Crippen LogP contribution is -2.18. The molecule has 1 amide bonds. The van der Waals surface area contributed by atoms with Crippen molar-refractivity contribution in [3.8, 4) is 0 Å². The summed E-state index contributed by atoms with van der Waals surface area (Å²) in [6, 6.07) is 5.77. The molecule has 1 rings (SSSR count). The quantitative estimate of drug-likeness (QED) is 0.643. The van der Waals surface area contributed by atoms with Crippen LogP contribution in [0.4, 0.5) is 5.69 Å². The van der Waals surface area contributed by atoms with E-state index in [1.807, 2.05) is 32.0 Å². The number of esters is 1. The molecule has 0 aliphatic heterocycles. The summed E-state index contributed by atoms with van der Waals surface area (Å²) in [5.74, 6) is -0.854. The Kier molecular flexibility index (Phi) is 4.69. The van der Waals surface area contributed by atoms with Crippen molar-refractivity contribution in [3.63, 3.8) is 0 Å². The van der Waals surface area contributed by atoms with Gasteiger partial charge in [-0.25, -0.2) is 0 Å². The number of aryl methyl sites for hydroxylation is 2. The number of amides is 1. The van der Waals surface area contributed by atoms with E-state index in [0.29, 0.717) is 0 Å². The molecule has 0 aliphatic carbocycles. The van der Waals surface area contributed by atoms with Crippen molar-refractivity contribution in [3.05, 3.63) is 29.3 Å². The molecule has 0 atom stereocenters. The van der Waals surface area contributed by atoms with E-state index >= 15 is 0 Å². The summed E-state index contributed by atoms with van der Waals surface area (Å²) in [6.07, 6.45) is -0.249. The SMILES string of the molecule is CCOC(=O)CC(=O)Nc1cc(C)ccc1C. The summed E-state index contributed by atoms with van der Waals surface area (Å²) in [4.78, 5) is 22.7. The van der Waals surface area contributed by atoms with Crippen molar-refractivity contribution in [2.24, 2.45) is 0 Å². The average molecular weight is 235 g/mol. The second-order valence-corrected chi connectivity index (χ2v) is 3.85. The first kappa shape index (κ1) is 13.2. The number of rotatable bonds is 4. The number of ether oxygens (including phenoxy) is 1. The average Bonchev–Trinajstić information content (AvgIpc) is 2.23. The molecular weight excluding hydrogens is 218 g/mol. The van der Waals surface area contributed by atoms with Gasteiger partial charge in [0.1, 0.15) is 6.42 Å². The number of anilines is 1. The largest absolute Gasteiger partial charge is 0.466 e. The highest BCUT2D eigenvalue weighted by atomic mass is 16.5. The Bertz CT molecular complexity index is 427. The molecule has 0 saturated heterocycles. The molecule has 0 aromatic heterocycles. The normalized spacial score (nSPS) is 9.82. The summed E-state index contributed by atoms with van der Waals surface area (Å²) in [5.41, 5.74) is 2.76. The van der Waals surface area contributed by atoms with Gasteiger partial charge >= 0.3 is 5.97 Å². The van der Waals surface area contributed by atoms with Gasteiger partial charge in [-0.3, -0.25) is 9.59 Å². The molecular formula is C13H17NO3. The number of carbonyl (C=O) groups excluding carboxylic acids is 2. The van der Waals surface area contributed by atoms with Crippen LogP contribution in [0.15, 0.2) is 18.2 Å². The van der Waals surface area contributed by atoms with Crippen molar-refractivity contribution >= 4 is 17.6 Å². The lowest BCUT2D eigenvalue weighted by Gasteiger charge is -2.08. The van der Waals surface area contributed by atoms with E-state index in [1.54, 1.807) is 6.92 Å². The lowest BCUT2D eigenvalue weighted by molar-refractivity contribution is -0.145. The topological polar surface area (TPSA) is 55.4 Å². The zero-order chi connectivity index (χ0) is 12.8. The van der Waals surface area contributed by atoms with Gasteiger partial charge in [-0.1, -0.05) is 12.1 Å². The fourth-order valence-electron chi connectivity index (χ4n) is 1.41. The van der Waals surface area contributed by atoms with E-state index in [4.69, 9.17) is 4.74 Å². The molecule has 1 N–H and O–H groups in total. The fraction of sp³-hybridized carbons (Fsp3) is 0.385. The van der Waals surface area contributed by atoms with Crippen molar-refractivity contribution in [2.75, 3.05) is 11.9 Å². The van der Waals surface area contributed by atoms with Crippen molar-refractivity contribution < 1.29 is 14.3 Å². The third-order valence-corrected chi connectivity index (χ3v) is 2.28. The molecule has 1 aromatic carbocycles. The maximum Gasteiger partial charge on any atom is 0.315 e. The van der Waals surface area contributed by atoms with Crippen LogP contribution in [0.25, 0.3) is 0 Å². The molecule has 0 bridgehead atoms. The van der Waals surface area contributed by atoms with Crippen LogP contribution in [-0.4, -0.2) is 18.5 Å². The van der Waals surface area contributed by atoms with E-state index in [0.717, 1.165) is 16.8 Å². The molecule has 0 saturated carbocycles. The van der Waals surface area contributed by atoms with E-state index in [9.17, 15) is 9.59 Å². The minimum absolute atomic E-state index is 0.249. The number of hydrogen-bond acceptors (Lipinski definition) is 3. The standard InChI is InChI=1S/C13H17NO3/c1-4-17-13(16)8-12(15)14-11-7-9(2)5-6-10(11)3/h5-7H,4,8H2,1-3H3,(H,14,15). The second kappa shape index (κ2) is 6.03. The third kappa shape index (κ3) is 4.26. The summed E-state index contributed by atoms with van der Waals surface area (Å²) >= 11 is 0. The summed E-state index contributed by atoms with van der Waals surface area (Å²) in [7, 11) is 0. The Labute approximate surface area is 101 Å². The Morgan fingerprint density at radius 3 is 2.65 bits per heavy atom. The molecule has 4 heteroatoms. The van der Waals surface area contributed by atoms with Crippen LogP contribution in [-0.2, 0) is 14.3 Å². The zero-order valence-electron chi connectivity index (χ0n) is 10.4. The van der Waals surface area contributed by atoms with Gasteiger partial charge in [-0.05, 0) is 38.0 Å². The molecule has 17 heavy (non-hydrogen) atoms. The maximum absolute atomic E-state index is 11.5. The zero-order valence-corrected chi connectivity index (χ0v) is 10.4. The van der Waals surface area contributed by atoms with Crippen LogP contribution in [0.3, 0.4) is 0 Å². The Hall–Kier alpha value is -1.84. The molecule has 0 heterocycles. The van der Waals surface area contributed by atoms with Crippen LogP contribution in [0.5, 0.6) is 0 Å². The van der Waals surface area contributed by atoms with Crippen LogP contribution in [0, 0.1) is 13.8 Å². The molecule has 0 unspecified atom stereocenters. The minimum Gasteiger partial charge on any atom is -0.466 e. The van der Waals surface area contributed by atoms with E-state index in [-0.39, 0.29) is 18.9 Å². The predicted molar refractivity (Wildman–Crippen MR) is 65.8 cm³/mol. The molecule has 0 aliphatic rings. The van der Waals surface area contributed by atoms with Gasteiger partial charge in [0.15, 0.2) is 0 Å². The van der Waals surface area contributed by atoms with Crippen molar-refractivity contribution in [1.82, 2.24) is 0 Å². The van der Waals surface area contributed by atoms with Crippen LogP contribution in [0.2, 0.25) is 0 Å². The fourth-order valence-corrected chi connectivity index (χ4v) is 1.41. The second-order valence-electron chi connectivity index (χ2n) is 3.85. The lowest BCUT2D eigenvalue weighted by atomic mass is 10.1. The number of hydrogen-bond donors (Lipinski definition) is 1. The van der Waals surface area contributed by atoms with Crippen LogP contribution in [0.1, 0.15) is 24.5 Å². The van der Waals surface area contributed by atoms with E-state index in [1.165, 1.54) is 0 Å². The first-order valence-corrected chi connectivity index (χ1v) is 5.55. The van der Waals surface area contributed by atoms with Gasteiger partial charge in [0.05, 0.1) is 6.61 Å². The van der Waals surface area contributed by atoms with Gasteiger partial charge in [0, 0.05) is 5.69 Å². The van der Waals surface area contributed by atoms with Crippen LogP contribution < -0.4 is 5.32 Å². The third-order valence-electron chi connectivity index (χ3n) is 2.28. The van der Waals surface area contributed by atoms with Gasteiger partial charge in [0.25, 0.3) is 0 Å². The minimum atomic E-state index is -0.504. The molecule has 0 radical (unpaired) electrons. The van der Waals surface area contributed by atoms with Crippen LogP contribution >= 0.6 is 0 Å². The highest BCUT2D eigenvalue weighted by Crippen LogP contribution is 2.16. The molecule has 4 nitrogen and oxygen atoms in total. The summed E-state index contributed by atoms with van der Waals surface area (Å²) in [6.45, 7) is 5.84. The Morgan fingerprint density at radius 2 is 2.00 bits per heavy atom. The monoisotopic (exact) mass is 235 g/mol. The molecule has 0 fully saturated rings. The maximum atomic E-state index is 11.5. The van der Waals surface area contributed by atoms with Gasteiger partial charge in [-0.2, -0.15) is 0 Å². The first-order valence-electron chi connectivity index (χ1n) is 5.55. The van der Waals surface area contributed by atoms with E-state index < -0.39 is 5.97 Å². The number of nitrogens with one attached hydrogen (secondary N) is 1. The van der Waals surface area contributed by atoms with Crippen molar-refractivity contribution in [1.29, 1.82) is 0 Å². The molecule has 1 aromatic rings. The summed E-state index contributed by atoms with van der Waals surface area (Å²) in [5, 5.41) is 2.70. The van der Waals surface area contributed by atoms with Gasteiger partial charge in [0.2, 0.25) is 5.91 Å². The van der Waals surface area contributed by atoms with E-state index in [2.05, 4.69) is 5.32 Å². The first-order chi connectivity index (χ1) is 8.02. The van der Waals surface area contributed by atoms with Gasteiger partial charge < -0.3 is 10.1 Å². The number of benzene rings is 1. The Morgan fingerprint density at radius 1 is 1.29 bits per heavy atom. The predicted octanol–water partition coefficient (Wildman–Crippen LogP) is 2.20. The highest BCUT2D eigenvalue weighted by Gasteiger charge is 2.11. The molecule has 0 spiro atoms. The Balaban J connectivity index is 2.62. The molecule has 92 valence electrons. The van der Waals surface area contributed by atoms with Gasteiger partial charge in [-0.15, -0.1) is 0 Å². The highest BCUT2D eigenvalue weighted by molar-refractivity contribution is 6.02. The van der Waals surface area contributed by atoms with Crippen molar-refractivity contribution in [2.45, 2.75) is 27.2 Å². The summed E-state index contributed by atoms with van der Waals surface area (Å²) < 4.78 is 4.70. The smallest absolute Gasteiger partial charge is 0.315 e.